The Bertz CT molecular complexity index is 1410. The lowest BCUT2D eigenvalue weighted by molar-refractivity contribution is -0.133. The van der Waals surface area contributed by atoms with Gasteiger partial charge in [-0.3, -0.25) is 9.59 Å². The van der Waals surface area contributed by atoms with Gasteiger partial charge in [0.25, 0.3) is 5.56 Å². The molecule has 1 aromatic heterocycles. The molecule has 3 aromatic rings. The molecule has 1 amide bonds. The second-order valence-corrected chi connectivity index (χ2v) is 9.56. The van der Waals surface area contributed by atoms with Crippen molar-refractivity contribution in [1.29, 1.82) is 0 Å². The van der Waals surface area contributed by atoms with Crippen LogP contribution in [0.5, 0.6) is 5.75 Å². The number of nitrogens with zero attached hydrogens (tertiary/aromatic N) is 4. The molecule has 1 aliphatic heterocycles. The molecule has 2 aromatic carbocycles. The van der Waals surface area contributed by atoms with Crippen LogP contribution in [0.2, 0.25) is 0 Å². The third kappa shape index (κ3) is 4.37. The molecule has 11 nitrogen and oxygen atoms in total. The van der Waals surface area contributed by atoms with E-state index >= 15 is 0 Å². The quantitative estimate of drug-likeness (QED) is 0.535. The van der Waals surface area contributed by atoms with Gasteiger partial charge in [-0.25, -0.2) is 17.9 Å². The van der Waals surface area contributed by atoms with Crippen molar-refractivity contribution in [3.8, 4) is 5.75 Å². The van der Waals surface area contributed by atoms with Gasteiger partial charge in [0.15, 0.2) is 5.69 Å². The van der Waals surface area contributed by atoms with Crippen molar-refractivity contribution < 1.29 is 27.9 Å². The number of carboxylic acids is 1. The second kappa shape index (κ2) is 9.23. The molecule has 34 heavy (non-hydrogen) atoms. The number of piperazine rings is 1. The molecule has 0 unspecified atom stereocenters. The van der Waals surface area contributed by atoms with E-state index in [0.29, 0.717) is 5.75 Å². The van der Waals surface area contributed by atoms with Gasteiger partial charge in [-0.05, 0) is 30.3 Å². The maximum absolute atomic E-state index is 12.9. The van der Waals surface area contributed by atoms with Crippen molar-refractivity contribution in [1.82, 2.24) is 19.0 Å². The number of amides is 1. The van der Waals surface area contributed by atoms with Crippen molar-refractivity contribution in [2.24, 2.45) is 0 Å². The van der Waals surface area contributed by atoms with Crippen molar-refractivity contribution in [2.45, 2.75) is 11.4 Å². The molecule has 0 atom stereocenters. The summed E-state index contributed by atoms with van der Waals surface area (Å²) < 4.78 is 33.0. The Kier molecular flexibility index (Phi) is 6.35. The summed E-state index contributed by atoms with van der Waals surface area (Å²) in [5.41, 5.74) is -0.895. The van der Waals surface area contributed by atoms with E-state index in [9.17, 15) is 27.9 Å². The van der Waals surface area contributed by atoms with Crippen molar-refractivity contribution in [2.75, 3.05) is 33.3 Å². The van der Waals surface area contributed by atoms with Crippen LogP contribution in [-0.2, 0) is 21.4 Å². The molecule has 0 saturated carbocycles. The molecule has 12 heteroatoms. The molecule has 4 rings (SSSR count). The number of ether oxygens (including phenoxy) is 1. The topological polar surface area (TPSA) is 139 Å². The lowest BCUT2D eigenvalue weighted by Gasteiger charge is -2.34. The van der Waals surface area contributed by atoms with Crippen LogP contribution in [0, 0.1) is 0 Å². The zero-order valence-electron chi connectivity index (χ0n) is 18.2. The summed E-state index contributed by atoms with van der Waals surface area (Å²) >= 11 is 0. The average Bonchev–Trinajstić information content (AvgIpc) is 2.85. The van der Waals surface area contributed by atoms with Crippen molar-refractivity contribution in [3.63, 3.8) is 0 Å². The van der Waals surface area contributed by atoms with Gasteiger partial charge in [-0.2, -0.15) is 9.40 Å². The molecule has 2 heterocycles. The number of aromatic carboxylic acids is 1. The van der Waals surface area contributed by atoms with E-state index in [2.05, 4.69) is 5.10 Å². The Balaban J connectivity index is 1.48. The molecule has 0 aliphatic carbocycles. The largest absolute Gasteiger partial charge is 0.497 e. The lowest BCUT2D eigenvalue weighted by Crippen LogP contribution is -2.51. The number of methoxy groups -OCH3 is 1. The second-order valence-electron chi connectivity index (χ2n) is 7.62. The van der Waals surface area contributed by atoms with E-state index in [0.717, 1.165) is 4.68 Å². The lowest BCUT2D eigenvalue weighted by atomic mass is 10.1. The highest BCUT2D eigenvalue weighted by molar-refractivity contribution is 7.89. The molecule has 1 fully saturated rings. The van der Waals surface area contributed by atoms with E-state index in [1.807, 2.05) is 0 Å². The Morgan fingerprint density at radius 2 is 1.62 bits per heavy atom. The van der Waals surface area contributed by atoms with Crippen LogP contribution >= 0.6 is 0 Å². The smallest absolute Gasteiger partial charge is 0.357 e. The summed E-state index contributed by atoms with van der Waals surface area (Å²) in [6, 6.07) is 12.2. The Hall–Kier alpha value is -3.77. The van der Waals surface area contributed by atoms with Crippen LogP contribution in [0.4, 0.5) is 0 Å². The standard InChI is InChI=1S/C22H22N4O7S/c1-33-15-6-8-16(9-7-15)34(31,32)25-12-10-24(11-13-25)19(27)14-26-21(28)18-5-3-2-4-17(18)20(23-26)22(29)30/h2-9H,10-14H2,1H3,(H,29,30). The van der Waals surface area contributed by atoms with Crippen LogP contribution in [0.3, 0.4) is 0 Å². The summed E-state index contributed by atoms with van der Waals surface area (Å²) in [5.74, 6) is -1.23. The summed E-state index contributed by atoms with van der Waals surface area (Å²) in [4.78, 5) is 38.7. The molecule has 1 aliphatic rings. The highest BCUT2D eigenvalue weighted by Crippen LogP contribution is 2.21. The zero-order chi connectivity index (χ0) is 24.5. The fourth-order valence-corrected chi connectivity index (χ4v) is 5.23. The summed E-state index contributed by atoms with van der Waals surface area (Å²) in [6.45, 7) is -0.0269. The predicted molar refractivity (Wildman–Crippen MR) is 121 cm³/mol. The molecular formula is C22H22N4O7S. The normalized spacial score (nSPS) is 14.8. The van der Waals surface area contributed by atoms with E-state index in [1.54, 1.807) is 24.3 Å². The molecule has 1 N–H and O–H groups in total. The first kappa shape index (κ1) is 23.4. The maximum Gasteiger partial charge on any atom is 0.357 e. The summed E-state index contributed by atoms with van der Waals surface area (Å²) in [7, 11) is -2.24. The fraction of sp³-hybridized carbons (Fsp3) is 0.273. The molecule has 1 saturated heterocycles. The molecule has 178 valence electrons. The first-order valence-corrected chi connectivity index (χ1v) is 11.8. The summed E-state index contributed by atoms with van der Waals surface area (Å²) in [5, 5.41) is 13.7. The van der Waals surface area contributed by atoms with Crippen molar-refractivity contribution >= 4 is 32.7 Å². The number of benzene rings is 2. The predicted octanol–water partition coefficient (Wildman–Crippen LogP) is 0.636. The minimum atomic E-state index is -3.73. The van der Waals surface area contributed by atoms with Gasteiger partial charge in [-0.15, -0.1) is 0 Å². The highest BCUT2D eigenvalue weighted by Gasteiger charge is 2.30. The molecule has 0 bridgehead atoms. The summed E-state index contributed by atoms with van der Waals surface area (Å²) in [6.07, 6.45) is 0. The fourth-order valence-electron chi connectivity index (χ4n) is 3.80. The Labute approximate surface area is 194 Å². The highest BCUT2D eigenvalue weighted by atomic mass is 32.2. The van der Waals surface area contributed by atoms with Gasteiger partial charge in [-0.1, -0.05) is 18.2 Å². The average molecular weight is 487 g/mol. The minimum absolute atomic E-state index is 0.0839. The van der Waals surface area contributed by atoms with Crippen LogP contribution in [0.25, 0.3) is 10.8 Å². The number of carbonyl (C=O) groups excluding carboxylic acids is 1. The van der Waals surface area contributed by atoms with Crippen LogP contribution in [0.15, 0.2) is 58.2 Å². The van der Waals surface area contributed by atoms with Gasteiger partial charge >= 0.3 is 5.97 Å². The van der Waals surface area contributed by atoms with E-state index in [-0.39, 0.29) is 47.5 Å². The third-order valence-corrected chi connectivity index (χ3v) is 7.56. The maximum atomic E-state index is 12.9. The first-order valence-electron chi connectivity index (χ1n) is 10.4. The van der Waals surface area contributed by atoms with E-state index in [1.165, 1.54) is 40.6 Å². The van der Waals surface area contributed by atoms with Crippen LogP contribution < -0.4 is 10.3 Å². The molecular weight excluding hydrogens is 464 g/mol. The zero-order valence-corrected chi connectivity index (χ0v) is 19.1. The number of carboxylic acid groups (broad SMARTS) is 1. The first-order chi connectivity index (χ1) is 16.2. The van der Waals surface area contributed by atoms with Gasteiger partial charge in [0.05, 0.1) is 17.4 Å². The van der Waals surface area contributed by atoms with E-state index in [4.69, 9.17) is 4.74 Å². The van der Waals surface area contributed by atoms with Gasteiger partial charge in [0, 0.05) is 31.6 Å². The van der Waals surface area contributed by atoms with Crippen molar-refractivity contribution in [3.05, 3.63) is 64.6 Å². The number of hydrogen-bond donors (Lipinski definition) is 1. The SMILES string of the molecule is COc1ccc(S(=O)(=O)N2CCN(C(=O)Cn3nc(C(=O)O)c4ccccc4c3=O)CC2)cc1. The number of hydrogen-bond acceptors (Lipinski definition) is 7. The van der Waals surface area contributed by atoms with Crippen LogP contribution in [0.1, 0.15) is 10.5 Å². The van der Waals surface area contributed by atoms with Crippen LogP contribution in [-0.4, -0.2) is 77.7 Å². The number of carbonyl (C=O) groups is 2. The molecule has 0 radical (unpaired) electrons. The monoisotopic (exact) mass is 486 g/mol. The van der Waals surface area contributed by atoms with Gasteiger partial charge < -0.3 is 14.7 Å². The van der Waals surface area contributed by atoms with Gasteiger partial charge in [0.2, 0.25) is 15.9 Å². The Morgan fingerprint density at radius 1 is 1.00 bits per heavy atom. The third-order valence-electron chi connectivity index (χ3n) is 5.64. The number of aromatic nitrogens is 2. The molecule has 0 spiro atoms. The number of fused-ring (bicyclic) bond motifs is 1. The number of rotatable bonds is 6. The minimum Gasteiger partial charge on any atom is -0.497 e. The van der Waals surface area contributed by atoms with E-state index < -0.39 is 34.0 Å². The Morgan fingerprint density at radius 3 is 2.21 bits per heavy atom. The van der Waals surface area contributed by atoms with Gasteiger partial charge in [0.1, 0.15) is 12.3 Å². The number of sulfonamides is 1.